The third-order valence-electron chi connectivity index (χ3n) is 4.09. The Morgan fingerprint density at radius 3 is 2.41 bits per heavy atom. The topological polar surface area (TPSA) is 87.0 Å². The Morgan fingerprint density at radius 1 is 1.04 bits per heavy atom. The van der Waals surface area contributed by atoms with E-state index >= 15 is 0 Å². The molecule has 1 heterocycles. The van der Waals surface area contributed by atoms with Gasteiger partial charge in [0, 0.05) is 6.61 Å². The van der Waals surface area contributed by atoms with Gasteiger partial charge in [0.05, 0.1) is 18.0 Å². The van der Waals surface area contributed by atoms with Crippen molar-refractivity contribution in [2.75, 3.05) is 12.4 Å². The third-order valence-corrected chi connectivity index (χ3v) is 5.91. The second-order valence-electron chi connectivity index (χ2n) is 6.42. The lowest BCUT2D eigenvalue weighted by Gasteiger charge is -2.12. The predicted octanol–water partition coefficient (Wildman–Crippen LogP) is 2.68. The average Bonchev–Trinajstić information content (AvgIpc) is 3.17. The SMILES string of the molecule is C[C@H](CCOCc1ccccc1)CS(=O)(=O)c1nnnn1-c1ccccc1. The molecule has 1 atom stereocenters. The minimum Gasteiger partial charge on any atom is -0.377 e. The summed E-state index contributed by atoms with van der Waals surface area (Å²) in [5.74, 6) is -0.110. The highest BCUT2D eigenvalue weighted by Crippen LogP contribution is 2.17. The fourth-order valence-corrected chi connectivity index (χ4v) is 4.32. The van der Waals surface area contributed by atoms with Crippen LogP contribution in [0.2, 0.25) is 0 Å². The molecule has 8 heteroatoms. The molecule has 27 heavy (non-hydrogen) atoms. The van der Waals surface area contributed by atoms with Gasteiger partial charge in [-0.2, -0.15) is 4.68 Å². The van der Waals surface area contributed by atoms with Crippen LogP contribution in [-0.4, -0.2) is 41.0 Å². The normalized spacial score (nSPS) is 12.8. The summed E-state index contributed by atoms with van der Waals surface area (Å²) in [6, 6.07) is 18.9. The quantitative estimate of drug-likeness (QED) is 0.526. The molecule has 0 amide bonds. The van der Waals surface area contributed by atoms with E-state index in [2.05, 4.69) is 15.5 Å². The Labute approximate surface area is 158 Å². The molecule has 1 aromatic heterocycles. The first-order valence-electron chi connectivity index (χ1n) is 8.74. The van der Waals surface area contributed by atoms with Crippen LogP contribution in [0.5, 0.6) is 0 Å². The number of sulfone groups is 1. The second kappa shape index (κ2) is 8.88. The number of tetrazole rings is 1. The van der Waals surface area contributed by atoms with Crippen molar-refractivity contribution in [1.82, 2.24) is 20.2 Å². The summed E-state index contributed by atoms with van der Waals surface area (Å²) in [7, 11) is -3.61. The first-order chi connectivity index (χ1) is 13.1. The fraction of sp³-hybridized carbons (Fsp3) is 0.316. The van der Waals surface area contributed by atoms with Gasteiger partial charge in [-0.1, -0.05) is 60.6 Å². The molecule has 0 fully saturated rings. The largest absolute Gasteiger partial charge is 0.377 e. The number of benzene rings is 2. The minimum absolute atomic E-state index is 0.0328. The van der Waals surface area contributed by atoms with Gasteiger partial charge < -0.3 is 4.74 Å². The van der Waals surface area contributed by atoms with E-state index in [1.165, 1.54) is 4.68 Å². The van der Waals surface area contributed by atoms with Gasteiger partial charge >= 0.3 is 0 Å². The van der Waals surface area contributed by atoms with Gasteiger partial charge in [0.25, 0.3) is 5.16 Å². The van der Waals surface area contributed by atoms with Crippen molar-refractivity contribution in [1.29, 1.82) is 0 Å². The van der Waals surface area contributed by atoms with Crippen molar-refractivity contribution in [3.8, 4) is 5.69 Å². The maximum absolute atomic E-state index is 12.7. The number of ether oxygens (including phenoxy) is 1. The highest BCUT2D eigenvalue weighted by atomic mass is 32.2. The van der Waals surface area contributed by atoms with Crippen molar-refractivity contribution in [2.24, 2.45) is 5.92 Å². The van der Waals surface area contributed by atoms with Crippen molar-refractivity contribution in [3.63, 3.8) is 0 Å². The number of para-hydroxylation sites is 1. The molecule has 3 rings (SSSR count). The molecule has 0 spiro atoms. The molecule has 142 valence electrons. The summed E-state index contributed by atoms with van der Waals surface area (Å²) in [4.78, 5) is 0. The molecule has 0 radical (unpaired) electrons. The molecule has 0 aliphatic rings. The van der Waals surface area contributed by atoms with Crippen molar-refractivity contribution in [3.05, 3.63) is 66.2 Å². The van der Waals surface area contributed by atoms with Crippen LogP contribution < -0.4 is 0 Å². The monoisotopic (exact) mass is 386 g/mol. The Hall–Kier alpha value is -2.58. The lowest BCUT2D eigenvalue weighted by Crippen LogP contribution is -2.19. The molecule has 0 aliphatic heterocycles. The summed E-state index contributed by atoms with van der Waals surface area (Å²) in [6.45, 7) is 2.90. The van der Waals surface area contributed by atoms with Crippen LogP contribution in [0.15, 0.2) is 65.8 Å². The smallest absolute Gasteiger partial charge is 0.272 e. The van der Waals surface area contributed by atoms with E-state index in [1.807, 2.05) is 43.3 Å². The summed E-state index contributed by atoms with van der Waals surface area (Å²) < 4.78 is 32.4. The lowest BCUT2D eigenvalue weighted by atomic mass is 10.1. The van der Waals surface area contributed by atoms with Crippen LogP contribution in [-0.2, 0) is 21.2 Å². The number of rotatable bonds is 9. The first-order valence-corrected chi connectivity index (χ1v) is 10.4. The lowest BCUT2D eigenvalue weighted by molar-refractivity contribution is 0.111. The van der Waals surface area contributed by atoms with E-state index in [0.29, 0.717) is 25.3 Å². The van der Waals surface area contributed by atoms with Gasteiger partial charge in [-0.3, -0.25) is 0 Å². The zero-order valence-corrected chi connectivity index (χ0v) is 15.9. The van der Waals surface area contributed by atoms with Gasteiger partial charge in [-0.05, 0) is 40.5 Å². The van der Waals surface area contributed by atoms with E-state index in [0.717, 1.165) is 5.56 Å². The zero-order chi connectivity index (χ0) is 19.1. The molecule has 0 N–H and O–H groups in total. The van der Waals surface area contributed by atoms with E-state index in [4.69, 9.17) is 4.74 Å². The molecule has 3 aromatic rings. The van der Waals surface area contributed by atoms with Crippen LogP contribution in [0.3, 0.4) is 0 Å². The zero-order valence-electron chi connectivity index (χ0n) is 15.1. The highest BCUT2D eigenvalue weighted by Gasteiger charge is 2.26. The fourth-order valence-electron chi connectivity index (χ4n) is 2.69. The van der Waals surface area contributed by atoms with Gasteiger partial charge in [-0.15, -0.1) is 0 Å². The molecule has 0 aliphatic carbocycles. The Balaban J connectivity index is 1.56. The van der Waals surface area contributed by atoms with Crippen LogP contribution in [0.1, 0.15) is 18.9 Å². The standard InChI is InChI=1S/C19H22N4O3S/c1-16(12-13-26-14-17-8-4-2-5-9-17)15-27(24,25)19-20-21-22-23(19)18-10-6-3-7-11-18/h2-11,16H,12-15H2,1H3/t16-/m1/s1. The molecule has 0 saturated heterocycles. The van der Waals surface area contributed by atoms with Crippen molar-refractivity contribution >= 4 is 9.84 Å². The Bertz CT molecular complexity index is 943. The number of nitrogens with zero attached hydrogens (tertiary/aromatic N) is 4. The molecule has 2 aromatic carbocycles. The van der Waals surface area contributed by atoms with E-state index in [1.54, 1.807) is 24.3 Å². The van der Waals surface area contributed by atoms with Crippen molar-refractivity contribution in [2.45, 2.75) is 25.1 Å². The summed E-state index contributed by atoms with van der Waals surface area (Å²) in [6.07, 6.45) is 0.638. The average molecular weight is 386 g/mol. The molecule has 0 unspecified atom stereocenters. The van der Waals surface area contributed by atoms with Crippen LogP contribution in [0, 0.1) is 5.92 Å². The summed E-state index contributed by atoms with van der Waals surface area (Å²) in [5.41, 5.74) is 1.71. The van der Waals surface area contributed by atoms with Gasteiger partial charge in [0.1, 0.15) is 0 Å². The molecule has 0 saturated carbocycles. The third kappa shape index (κ3) is 5.21. The van der Waals surface area contributed by atoms with E-state index in [-0.39, 0.29) is 16.8 Å². The number of aromatic nitrogens is 4. The predicted molar refractivity (Wildman–Crippen MR) is 101 cm³/mol. The van der Waals surface area contributed by atoms with E-state index in [9.17, 15) is 8.42 Å². The molecular weight excluding hydrogens is 364 g/mol. The Kier molecular flexibility index (Phi) is 6.31. The first kappa shape index (κ1) is 19.2. The molecular formula is C19H22N4O3S. The maximum atomic E-state index is 12.7. The Morgan fingerprint density at radius 2 is 1.70 bits per heavy atom. The summed E-state index contributed by atoms with van der Waals surface area (Å²) in [5, 5.41) is 11.0. The second-order valence-corrected chi connectivity index (χ2v) is 8.35. The number of hydrogen-bond donors (Lipinski definition) is 0. The van der Waals surface area contributed by atoms with E-state index < -0.39 is 9.84 Å². The van der Waals surface area contributed by atoms with Crippen molar-refractivity contribution < 1.29 is 13.2 Å². The maximum Gasteiger partial charge on any atom is 0.272 e. The summed E-state index contributed by atoms with van der Waals surface area (Å²) >= 11 is 0. The van der Waals surface area contributed by atoms with Gasteiger partial charge in [0.2, 0.25) is 9.84 Å². The van der Waals surface area contributed by atoms with Gasteiger partial charge in [0.15, 0.2) is 0 Å². The minimum atomic E-state index is -3.61. The van der Waals surface area contributed by atoms with Crippen LogP contribution in [0.4, 0.5) is 0 Å². The highest BCUT2D eigenvalue weighted by molar-refractivity contribution is 7.91. The van der Waals surface area contributed by atoms with Crippen LogP contribution in [0.25, 0.3) is 5.69 Å². The number of hydrogen-bond acceptors (Lipinski definition) is 6. The van der Waals surface area contributed by atoms with Crippen LogP contribution >= 0.6 is 0 Å². The van der Waals surface area contributed by atoms with Gasteiger partial charge in [-0.25, -0.2) is 8.42 Å². The molecule has 7 nitrogen and oxygen atoms in total. The molecule has 0 bridgehead atoms.